The van der Waals surface area contributed by atoms with Crippen molar-refractivity contribution in [1.82, 2.24) is 71.7 Å². The minimum Gasteiger partial charge on any atom is -0.395 e. The second kappa shape index (κ2) is 57.2. The highest BCUT2D eigenvalue weighted by molar-refractivity contribution is 6.31. The van der Waals surface area contributed by atoms with Gasteiger partial charge in [0.15, 0.2) is 11.5 Å². The molecule has 0 unspecified atom stereocenters. The van der Waals surface area contributed by atoms with E-state index in [4.69, 9.17) is 53.8 Å². The van der Waals surface area contributed by atoms with Crippen LogP contribution < -0.4 is 52.0 Å². The second-order valence-corrected chi connectivity index (χ2v) is 41.8. The van der Waals surface area contributed by atoms with E-state index in [9.17, 15) is 48.4 Å². The Morgan fingerprint density at radius 2 is 0.868 bits per heavy atom. The third-order valence-electron chi connectivity index (χ3n) is 29.8. The maximum absolute atomic E-state index is 15.1. The van der Waals surface area contributed by atoms with Crippen LogP contribution in [0.3, 0.4) is 0 Å². The number of nitrogens with zero attached hydrogens (tertiary/aromatic N) is 6. The highest BCUT2D eigenvalue weighted by Gasteiger charge is 2.52. The van der Waals surface area contributed by atoms with Crippen LogP contribution in [0.15, 0.2) is 66.9 Å². The lowest BCUT2D eigenvalue weighted by molar-refractivity contribution is -0.287. The predicted molar refractivity (Wildman–Crippen MR) is 533 cm³/mol. The van der Waals surface area contributed by atoms with Crippen LogP contribution in [0.4, 0.5) is 32.3 Å². The van der Waals surface area contributed by atoms with E-state index < -0.39 is 34.5 Å². The average Bonchev–Trinajstić information content (AvgIpc) is 1.57. The summed E-state index contributed by atoms with van der Waals surface area (Å²) in [6, 6.07) is 16.9. The van der Waals surface area contributed by atoms with Gasteiger partial charge in [-0.15, -0.1) is 8.78 Å². The van der Waals surface area contributed by atoms with Crippen molar-refractivity contribution in [3.8, 4) is 11.5 Å². The van der Waals surface area contributed by atoms with Gasteiger partial charge >= 0.3 is 30.4 Å². The van der Waals surface area contributed by atoms with Gasteiger partial charge in [-0.1, -0.05) is 175 Å². The number of methoxy groups -OCH3 is 3. The quantitative estimate of drug-likeness (QED) is 0.0183. The molecule has 8 amide bonds. The Kier molecular flexibility index (Phi) is 47.7. The monoisotopic (exact) mass is 1970 g/mol. The predicted octanol–water partition coefficient (Wildman–Crippen LogP) is 17.7. The minimum atomic E-state index is -3.79. The van der Waals surface area contributed by atoms with Crippen LogP contribution in [0, 0.1) is 53.2 Å². The topological polar surface area (TPSA) is 322 Å². The second-order valence-electron chi connectivity index (χ2n) is 40.6. The SMILES string of the molecule is CNC[C@@H](CC1CCCC1)NC(=O)N1CCC[C@@H]([C@@](O)(CCCCOC)c2cccc(Cl)c2F)C1.CNC[C@H](CC(C)C)NC(=O)N1CCC[C@@H]([C@@](O)(CCCCOC)c2cccc3c2OC(F)(F)O3)C1.CNC[C@H](CC1CCCCC1)NC(=O)N1CCC[C@@H]([C@@](O)(CCCCOC)c2ncc(Cl)n2C)C1.CNC[C@H](CC1CCCCC1)NC(=O)N1CCC[C@@H]([C@](C)(O)c2cccc(Cl)c2)C1. The van der Waals surface area contributed by atoms with Gasteiger partial charge in [0.25, 0.3) is 0 Å². The number of urea groups is 4. The van der Waals surface area contributed by atoms with Gasteiger partial charge in [0.1, 0.15) is 22.4 Å². The summed E-state index contributed by atoms with van der Waals surface area (Å²) in [6.45, 7) is 15.2. The van der Waals surface area contributed by atoms with Gasteiger partial charge in [-0.3, -0.25) is 0 Å². The maximum atomic E-state index is 15.1. The first-order valence-corrected chi connectivity index (χ1v) is 52.3. The molecule has 12 N–H and O–H groups in total. The number of carbonyl (C=O) groups excluding carboxylic acids is 4. The molecule has 1 aromatic heterocycles. The lowest BCUT2D eigenvalue weighted by Crippen LogP contribution is -2.54. The molecule has 8 aliphatic rings. The third kappa shape index (κ3) is 33.7. The number of amides is 8. The molecule has 4 saturated heterocycles. The Labute approximate surface area is 824 Å². The molecule has 5 aliphatic heterocycles. The first-order chi connectivity index (χ1) is 65.3. The molecule has 3 saturated carbocycles. The van der Waals surface area contributed by atoms with E-state index in [2.05, 4.69) is 66.1 Å². The summed E-state index contributed by atoms with van der Waals surface area (Å²) in [5.74, 6) is 1.52. The number of halogens is 6. The zero-order chi connectivity index (χ0) is 98.4. The van der Waals surface area contributed by atoms with Gasteiger partial charge in [-0.25, -0.2) is 28.6 Å². The van der Waals surface area contributed by atoms with Crippen molar-refractivity contribution < 1.29 is 76.5 Å². The molecular weight excluding hydrogens is 1800 g/mol. The number of piperidine rings is 4. The summed E-state index contributed by atoms with van der Waals surface area (Å²) in [4.78, 5) is 64.7. The fourth-order valence-electron chi connectivity index (χ4n) is 22.5. The zero-order valence-corrected chi connectivity index (χ0v) is 85.8. The fraction of sp³-hybridized carbons (Fsp3) is 0.757. The third-order valence-corrected chi connectivity index (χ3v) is 30.7. The number of likely N-dealkylation sites (tertiary alicyclic amines) is 4. The molecule has 4 aromatic rings. The molecule has 770 valence electrons. The molecule has 6 heterocycles. The Hall–Kier alpha value is -6.23. The smallest absolute Gasteiger partial charge is 0.395 e. The van der Waals surface area contributed by atoms with Crippen LogP contribution in [0.1, 0.15) is 268 Å². The highest BCUT2D eigenvalue weighted by Crippen LogP contribution is 2.52. The lowest BCUT2D eigenvalue weighted by atomic mass is 9.73. The Bertz CT molecular complexity index is 4190. The van der Waals surface area contributed by atoms with Crippen molar-refractivity contribution in [2.45, 2.75) is 298 Å². The summed E-state index contributed by atoms with van der Waals surface area (Å²) in [5, 5.41) is 74.3. The fourth-order valence-corrected chi connectivity index (χ4v) is 23.0. The molecule has 33 heteroatoms. The molecule has 0 bridgehead atoms. The van der Waals surface area contributed by atoms with Crippen LogP contribution in [-0.4, -0.2) is 252 Å². The van der Waals surface area contributed by atoms with Gasteiger partial charge in [0, 0.05) is 191 Å². The summed E-state index contributed by atoms with van der Waals surface area (Å²) in [6.07, 6.45) is 31.8. The van der Waals surface area contributed by atoms with Crippen molar-refractivity contribution in [3.63, 3.8) is 0 Å². The van der Waals surface area contributed by atoms with Crippen LogP contribution >= 0.6 is 34.8 Å². The maximum Gasteiger partial charge on any atom is 0.586 e. The molecule has 3 aliphatic carbocycles. The molecule has 12 atom stereocenters. The number of unbranched alkanes of at least 4 members (excludes halogenated alkanes) is 3. The standard InChI is InChI=1S/C27H43ClFN3O3.C26H46ClN5O3.C26H41F2N3O5.C24H38ClN3O2/c1-30-18-22(17-20-9-3-4-10-20)31-26(33)32-15-8-11-21(19-32)27(34,14-5-6-16-35-2)23-12-7-13-24(28)25(23)29;1-28-17-22(16-20-10-5-4-6-11-20)30-25(33)32-14-9-12-21(19-32)26(34,13-7-8-15-35-3)24-29-18-23(27)31(24)2;1-18(2)15-20(16-29-3)30-24(32)31-13-8-9-19(17-31)25(33,12-5-6-14-34-4)21-10-7-11-22-23(21)36-26(27,28)35-22;1-24(30,19-10-6-12-21(25)15-19)20-11-7-13-28(17-20)23(29)27-22(16-26-2)14-18-8-4-3-5-9-18/h7,12-13,20-22,30,34H,3-6,8-11,14-19H2,1-2H3,(H,31,33);18,20-22,28,34H,4-17,19H2,1-3H3,(H,30,33);7,10-11,18-20,29,33H,5-6,8-9,12-17H2,1-4H3,(H,30,32);6,10,12,15,18,20,22,26,30H,3-5,7-9,11,13-14,16-17H2,1-2H3,(H,27,29)/t21-,22-,27+;21-,22+,26+;19-,20+,25+;20-,22+,24-/m1111/s1. The van der Waals surface area contributed by atoms with Crippen molar-refractivity contribution in [3.05, 3.63) is 110 Å². The van der Waals surface area contributed by atoms with Crippen molar-refractivity contribution in [1.29, 1.82) is 0 Å². The average molecular weight is 1970 g/mol. The number of hydrogen-bond acceptors (Lipinski definition) is 18. The van der Waals surface area contributed by atoms with Gasteiger partial charge in [-0.05, 0) is 223 Å². The highest BCUT2D eigenvalue weighted by atomic mass is 35.5. The number of aliphatic hydroxyl groups is 4. The van der Waals surface area contributed by atoms with Crippen LogP contribution in [0.2, 0.25) is 15.2 Å². The molecule has 3 aromatic carbocycles. The van der Waals surface area contributed by atoms with E-state index in [1.807, 2.05) is 76.2 Å². The number of para-hydroxylation sites is 1. The number of fused-ring (bicyclic) bond motifs is 1. The molecule has 27 nitrogen and oxygen atoms in total. The number of alkyl halides is 2. The molecule has 12 rings (SSSR count). The van der Waals surface area contributed by atoms with E-state index in [1.54, 1.807) is 66.2 Å². The summed E-state index contributed by atoms with van der Waals surface area (Å²) in [7, 11) is 14.4. The van der Waals surface area contributed by atoms with E-state index in [0.717, 1.165) is 121 Å². The van der Waals surface area contributed by atoms with Crippen molar-refractivity contribution in [2.24, 2.45) is 54.4 Å². The van der Waals surface area contributed by atoms with E-state index in [1.165, 1.54) is 102 Å². The Morgan fingerprint density at radius 3 is 1.28 bits per heavy atom. The van der Waals surface area contributed by atoms with Crippen LogP contribution in [-0.2, 0) is 43.7 Å². The molecule has 7 fully saturated rings. The normalized spacial score (nSPS) is 22.1. The first-order valence-electron chi connectivity index (χ1n) is 51.2. The lowest BCUT2D eigenvalue weighted by Gasteiger charge is -2.43. The Balaban J connectivity index is 0.000000204. The minimum absolute atomic E-state index is 0.00217. The number of imidazole rings is 1. The van der Waals surface area contributed by atoms with Gasteiger partial charge in [0.2, 0.25) is 0 Å². The molecule has 0 radical (unpaired) electrons. The number of likely N-dealkylation sites (N-methyl/N-ethyl adjacent to an activating group) is 4. The number of carbonyl (C=O) groups is 4. The number of ether oxygens (including phenoxy) is 5. The van der Waals surface area contributed by atoms with E-state index >= 15 is 4.39 Å². The van der Waals surface area contributed by atoms with Crippen molar-refractivity contribution >= 4 is 58.9 Å². The molecule has 0 spiro atoms. The first kappa shape index (κ1) is 113. The van der Waals surface area contributed by atoms with Crippen LogP contribution in [0.25, 0.3) is 0 Å². The van der Waals surface area contributed by atoms with Crippen molar-refractivity contribution in [2.75, 3.05) is 148 Å². The van der Waals surface area contributed by atoms with Gasteiger partial charge in [-0.2, -0.15) is 0 Å². The van der Waals surface area contributed by atoms with E-state index in [-0.39, 0.29) is 99.6 Å². The summed E-state index contributed by atoms with van der Waals surface area (Å²) >= 11 is 18.5. The Morgan fingerprint density at radius 1 is 0.493 bits per heavy atom. The molecule has 136 heavy (non-hydrogen) atoms. The van der Waals surface area contributed by atoms with E-state index in [0.29, 0.717) is 157 Å². The number of hydrogen-bond donors (Lipinski definition) is 12. The number of nitrogens with one attached hydrogen (secondary N) is 8. The molecular formula is C103H168Cl3F3N14O13. The van der Waals surface area contributed by atoms with Gasteiger partial charge in [0.05, 0.1) is 28.0 Å². The largest absolute Gasteiger partial charge is 0.586 e. The number of rotatable bonds is 43. The summed E-state index contributed by atoms with van der Waals surface area (Å²) in [5.41, 5.74) is -3.75. The number of aromatic nitrogens is 2. The summed E-state index contributed by atoms with van der Waals surface area (Å²) < 4.78 is 69.8. The van der Waals surface area contributed by atoms with Gasteiger partial charge < -0.3 is 111 Å². The zero-order valence-electron chi connectivity index (χ0n) is 83.5. The number of benzene rings is 3. The van der Waals surface area contributed by atoms with Crippen LogP contribution in [0.5, 0.6) is 11.5 Å².